The van der Waals surface area contributed by atoms with E-state index in [9.17, 15) is 9.59 Å². The lowest BCUT2D eigenvalue weighted by Gasteiger charge is -2.36. The summed E-state index contributed by atoms with van der Waals surface area (Å²) in [5.74, 6) is 0.264. The zero-order valence-corrected chi connectivity index (χ0v) is 20.1. The van der Waals surface area contributed by atoms with Crippen molar-refractivity contribution in [3.05, 3.63) is 63.8 Å². The number of rotatable bonds is 7. The van der Waals surface area contributed by atoms with Gasteiger partial charge in [0.1, 0.15) is 5.69 Å². The molecule has 2 aliphatic heterocycles. The lowest BCUT2D eigenvalue weighted by atomic mass is 10.1. The third kappa shape index (κ3) is 5.52. The highest BCUT2D eigenvalue weighted by molar-refractivity contribution is 5.92. The Kier molecular flexibility index (Phi) is 7.06. The summed E-state index contributed by atoms with van der Waals surface area (Å²) in [5, 5.41) is 2.96. The molecule has 5 heterocycles. The minimum Gasteiger partial charge on any atom is -0.381 e. The van der Waals surface area contributed by atoms with E-state index in [1.54, 1.807) is 12.3 Å². The van der Waals surface area contributed by atoms with Gasteiger partial charge in [-0.15, -0.1) is 0 Å². The summed E-state index contributed by atoms with van der Waals surface area (Å²) in [7, 11) is 0. The lowest BCUT2D eigenvalue weighted by molar-refractivity contribution is 0.0940. The van der Waals surface area contributed by atoms with Crippen LogP contribution in [0, 0.1) is 5.92 Å². The molecule has 0 aliphatic carbocycles. The number of ether oxygens (including phenoxy) is 1. The topological polar surface area (TPSA) is 103 Å². The van der Waals surface area contributed by atoms with Gasteiger partial charge in [0.25, 0.3) is 11.5 Å². The maximum Gasteiger partial charge on any atom is 0.269 e. The molecule has 184 valence electrons. The average Bonchev–Trinajstić information content (AvgIpc) is 3.41. The molecule has 1 amide bonds. The molecule has 0 spiro atoms. The number of H-pyrrole nitrogens is 1. The largest absolute Gasteiger partial charge is 0.381 e. The number of aryl methyl sites for hydroxylation is 1. The number of carbonyl (C=O) groups is 1. The van der Waals surface area contributed by atoms with E-state index in [0.29, 0.717) is 24.6 Å². The number of fused-ring (bicyclic) bond motifs is 1. The molecule has 0 bridgehead atoms. The van der Waals surface area contributed by atoms with Gasteiger partial charge < -0.3 is 19.9 Å². The summed E-state index contributed by atoms with van der Waals surface area (Å²) in [6, 6.07) is 7.69. The smallest absolute Gasteiger partial charge is 0.269 e. The first kappa shape index (κ1) is 23.4. The van der Waals surface area contributed by atoms with E-state index in [1.807, 2.05) is 31.3 Å². The van der Waals surface area contributed by atoms with Crippen LogP contribution >= 0.6 is 0 Å². The Hall–Kier alpha value is -3.30. The third-order valence-corrected chi connectivity index (χ3v) is 6.91. The third-order valence-electron chi connectivity index (χ3n) is 6.91. The molecule has 0 radical (unpaired) electrons. The molecule has 35 heavy (non-hydrogen) atoms. The first-order valence-corrected chi connectivity index (χ1v) is 12.4. The van der Waals surface area contributed by atoms with Gasteiger partial charge in [-0.1, -0.05) is 6.92 Å². The number of amides is 1. The maximum absolute atomic E-state index is 12.4. The summed E-state index contributed by atoms with van der Waals surface area (Å²) >= 11 is 0. The fraction of sp³-hybridized carbons (Fsp3) is 0.462. The van der Waals surface area contributed by atoms with Crippen molar-refractivity contribution in [1.29, 1.82) is 0 Å². The van der Waals surface area contributed by atoms with Gasteiger partial charge in [-0.05, 0) is 42.7 Å². The van der Waals surface area contributed by atoms with Crippen LogP contribution in [0.2, 0.25) is 0 Å². The number of pyridine rings is 3. The normalized spacial score (nSPS) is 18.8. The Morgan fingerprint density at radius 3 is 2.74 bits per heavy atom. The number of aromatic nitrogens is 3. The van der Waals surface area contributed by atoms with Gasteiger partial charge >= 0.3 is 0 Å². The summed E-state index contributed by atoms with van der Waals surface area (Å²) in [6.45, 7) is 8.48. The van der Waals surface area contributed by atoms with Gasteiger partial charge in [0.05, 0.1) is 29.5 Å². The van der Waals surface area contributed by atoms with E-state index in [1.165, 1.54) is 0 Å². The second-order valence-electron chi connectivity index (χ2n) is 9.36. The number of hydrogen-bond donors (Lipinski definition) is 2. The molecule has 2 fully saturated rings. The predicted octanol–water partition coefficient (Wildman–Crippen LogP) is 1.97. The van der Waals surface area contributed by atoms with Crippen LogP contribution in [-0.4, -0.2) is 71.7 Å². The van der Waals surface area contributed by atoms with Crippen LogP contribution in [0.25, 0.3) is 11.0 Å². The second kappa shape index (κ2) is 10.5. The van der Waals surface area contributed by atoms with Crippen molar-refractivity contribution in [3.8, 4) is 0 Å². The highest BCUT2D eigenvalue weighted by atomic mass is 16.5. The molecule has 3 aromatic heterocycles. The predicted molar refractivity (Wildman–Crippen MR) is 135 cm³/mol. The van der Waals surface area contributed by atoms with Crippen molar-refractivity contribution in [2.24, 2.45) is 5.92 Å². The van der Waals surface area contributed by atoms with E-state index in [-0.39, 0.29) is 11.5 Å². The Balaban J connectivity index is 1.14. The summed E-state index contributed by atoms with van der Waals surface area (Å²) < 4.78 is 5.36. The van der Waals surface area contributed by atoms with Crippen molar-refractivity contribution in [3.63, 3.8) is 0 Å². The van der Waals surface area contributed by atoms with Gasteiger partial charge in [0, 0.05) is 63.6 Å². The van der Waals surface area contributed by atoms with Crippen LogP contribution in [0.5, 0.6) is 0 Å². The maximum atomic E-state index is 12.4. The molecule has 3 aromatic rings. The molecule has 1 atom stereocenters. The standard InChI is InChI=1S/C26H32N6O3/c1-2-20-12-23-24(30-25(20)33)11-19(14-27-23)16-31-6-8-32(9-7-31)21-3-4-22(28-15-21)26(34)29-13-18-5-10-35-17-18/h3-4,11-12,14-15,18H,2,5-10,13,16-17H2,1H3,(H,29,34)(H,30,33)/t18-/m0/s1. The lowest BCUT2D eigenvalue weighted by Crippen LogP contribution is -2.46. The first-order chi connectivity index (χ1) is 17.1. The molecule has 2 saturated heterocycles. The van der Waals surface area contributed by atoms with Crippen LogP contribution in [-0.2, 0) is 17.7 Å². The number of carbonyl (C=O) groups excluding carboxylic acids is 1. The molecule has 0 unspecified atom stereocenters. The van der Waals surface area contributed by atoms with Gasteiger partial charge in [-0.2, -0.15) is 0 Å². The molecule has 0 saturated carbocycles. The fourth-order valence-electron chi connectivity index (χ4n) is 4.72. The van der Waals surface area contributed by atoms with Crippen molar-refractivity contribution < 1.29 is 9.53 Å². The SMILES string of the molecule is CCc1cc2ncc(CN3CCN(c4ccc(C(=O)NC[C@@H]5CCOC5)nc4)CC3)cc2[nH]c1=O. The Bertz CT molecular complexity index is 1230. The molecule has 9 nitrogen and oxygen atoms in total. The van der Waals surface area contributed by atoms with E-state index in [0.717, 1.165) is 80.2 Å². The molecule has 9 heteroatoms. The minimum atomic E-state index is -0.135. The van der Waals surface area contributed by atoms with Crippen LogP contribution in [0.3, 0.4) is 0 Å². The van der Waals surface area contributed by atoms with Crippen molar-refractivity contribution >= 4 is 22.6 Å². The van der Waals surface area contributed by atoms with E-state index in [4.69, 9.17) is 4.74 Å². The number of aromatic amines is 1. The molecule has 0 aromatic carbocycles. The minimum absolute atomic E-state index is 0.0342. The fourth-order valence-corrected chi connectivity index (χ4v) is 4.72. The van der Waals surface area contributed by atoms with E-state index in [2.05, 4.69) is 30.1 Å². The second-order valence-corrected chi connectivity index (χ2v) is 9.36. The highest BCUT2D eigenvalue weighted by Gasteiger charge is 2.20. The van der Waals surface area contributed by atoms with Gasteiger partial charge in [-0.3, -0.25) is 19.5 Å². The first-order valence-electron chi connectivity index (χ1n) is 12.4. The summed E-state index contributed by atoms with van der Waals surface area (Å²) in [5.41, 5.74) is 4.90. The van der Waals surface area contributed by atoms with Crippen molar-refractivity contribution in [1.82, 2.24) is 25.2 Å². The molecule has 2 aliphatic rings. The quantitative estimate of drug-likeness (QED) is 0.537. The van der Waals surface area contributed by atoms with Crippen molar-refractivity contribution in [2.75, 3.05) is 50.8 Å². The van der Waals surface area contributed by atoms with Crippen LogP contribution in [0.15, 0.2) is 41.5 Å². The molecule has 5 rings (SSSR count). The van der Waals surface area contributed by atoms with E-state index >= 15 is 0 Å². The number of piperazine rings is 1. The monoisotopic (exact) mass is 476 g/mol. The van der Waals surface area contributed by atoms with Crippen molar-refractivity contribution in [2.45, 2.75) is 26.3 Å². The van der Waals surface area contributed by atoms with E-state index < -0.39 is 0 Å². The number of nitrogens with one attached hydrogen (secondary N) is 2. The zero-order valence-electron chi connectivity index (χ0n) is 20.1. The Morgan fingerprint density at radius 2 is 2.03 bits per heavy atom. The van der Waals surface area contributed by atoms with Crippen LogP contribution < -0.4 is 15.8 Å². The number of anilines is 1. The summed E-state index contributed by atoms with van der Waals surface area (Å²) in [4.78, 5) is 41.1. The summed E-state index contributed by atoms with van der Waals surface area (Å²) in [6.07, 6.45) is 5.38. The average molecular weight is 477 g/mol. The van der Waals surface area contributed by atoms with Gasteiger partial charge in [0.2, 0.25) is 0 Å². The number of nitrogens with zero attached hydrogens (tertiary/aromatic N) is 4. The van der Waals surface area contributed by atoms with Gasteiger partial charge in [0.15, 0.2) is 0 Å². The zero-order chi connectivity index (χ0) is 24.2. The van der Waals surface area contributed by atoms with Gasteiger partial charge in [-0.25, -0.2) is 4.98 Å². The Morgan fingerprint density at radius 1 is 1.17 bits per heavy atom. The molecular weight excluding hydrogens is 444 g/mol. The Labute approximate surface area is 204 Å². The highest BCUT2D eigenvalue weighted by Crippen LogP contribution is 2.18. The molecular formula is C26H32N6O3. The van der Waals surface area contributed by atoms with Crippen LogP contribution in [0.4, 0.5) is 5.69 Å². The van der Waals surface area contributed by atoms with Crippen LogP contribution in [0.1, 0.15) is 35.0 Å². The molecule has 2 N–H and O–H groups in total. The number of hydrogen-bond acceptors (Lipinski definition) is 7.